The van der Waals surface area contributed by atoms with Crippen LogP contribution in [0.25, 0.3) is 0 Å². The highest BCUT2D eigenvalue weighted by molar-refractivity contribution is 8.13. The lowest BCUT2D eigenvalue weighted by Gasteiger charge is -2.14. The average Bonchev–Trinajstić information content (AvgIpc) is 2.84. The minimum Gasteiger partial charge on any atom is -0.355 e. The maximum atomic E-state index is 11.8. The Bertz CT molecular complexity index is 530. The van der Waals surface area contributed by atoms with E-state index in [1.165, 1.54) is 16.7 Å². The number of anilines is 1. The molecule has 6 nitrogen and oxygen atoms in total. The minimum atomic E-state index is -0.242. The quantitative estimate of drug-likeness (QED) is 0.873. The van der Waals surface area contributed by atoms with Gasteiger partial charge in [-0.15, -0.1) is 0 Å². The Labute approximate surface area is 120 Å². The first-order valence-electron chi connectivity index (χ1n) is 6.14. The fraction of sp³-hybridized carbons (Fsp3) is 0.308. The molecule has 1 heterocycles. The largest absolute Gasteiger partial charge is 0.355 e. The lowest BCUT2D eigenvalue weighted by Crippen LogP contribution is -2.33. The Morgan fingerprint density at radius 2 is 2.00 bits per heavy atom. The van der Waals surface area contributed by atoms with Crippen LogP contribution in [0, 0.1) is 0 Å². The molecule has 0 saturated carbocycles. The van der Waals surface area contributed by atoms with Crippen molar-refractivity contribution >= 4 is 34.5 Å². The molecule has 106 valence electrons. The molecule has 1 aliphatic heterocycles. The molecule has 0 unspecified atom stereocenters. The highest BCUT2D eigenvalue weighted by Gasteiger charge is 2.23. The van der Waals surface area contributed by atoms with E-state index in [2.05, 4.69) is 10.6 Å². The van der Waals surface area contributed by atoms with E-state index in [0.717, 1.165) is 5.75 Å². The molecule has 0 spiro atoms. The molecule has 0 radical (unpaired) electrons. The number of carbonyl (C=O) groups is 3. The summed E-state index contributed by atoms with van der Waals surface area (Å²) >= 11 is 1.22. The first-order valence-corrected chi connectivity index (χ1v) is 7.12. The molecule has 2 N–H and O–H groups in total. The van der Waals surface area contributed by atoms with Crippen molar-refractivity contribution in [1.82, 2.24) is 10.2 Å². The van der Waals surface area contributed by atoms with Crippen molar-refractivity contribution in [2.75, 3.05) is 31.2 Å². The van der Waals surface area contributed by atoms with Crippen LogP contribution in [0.15, 0.2) is 24.3 Å². The van der Waals surface area contributed by atoms with Crippen LogP contribution in [-0.4, -0.2) is 47.8 Å². The second kappa shape index (κ2) is 6.42. The number of nitrogens with one attached hydrogen (secondary N) is 2. The first kappa shape index (κ1) is 14.4. The molecule has 7 heteroatoms. The topological polar surface area (TPSA) is 78.5 Å². The van der Waals surface area contributed by atoms with Crippen LogP contribution >= 0.6 is 11.8 Å². The third-order valence-corrected chi connectivity index (χ3v) is 3.73. The number of hydrogen-bond acceptors (Lipinski definition) is 4. The Hall–Kier alpha value is -2.02. The van der Waals surface area contributed by atoms with Crippen LogP contribution in [-0.2, 0) is 4.79 Å². The first-order chi connectivity index (χ1) is 9.60. The summed E-state index contributed by atoms with van der Waals surface area (Å²) < 4.78 is 0. The second-order valence-corrected chi connectivity index (χ2v) is 5.29. The third-order valence-electron chi connectivity index (χ3n) is 2.84. The van der Waals surface area contributed by atoms with Gasteiger partial charge in [0.15, 0.2) is 0 Å². The lowest BCUT2D eigenvalue weighted by atomic mass is 10.2. The highest BCUT2D eigenvalue weighted by Crippen LogP contribution is 2.17. The maximum absolute atomic E-state index is 11.8. The number of carbonyl (C=O) groups excluding carboxylic acids is 3. The molecule has 0 aromatic heterocycles. The van der Waals surface area contributed by atoms with E-state index in [4.69, 9.17) is 0 Å². The van der Waals surface area contributed by atoms with Gasteiger partial charge in [-0.3, -0.25) is 14.4 Å². The average molecular weight is 293 g/mol. The molecule has 1 aromatic rings. The zero-order valence-electron chi connectivity index (χ0n) is 11.0. The van der Waals surface area contributed by atoms with Crippen LogP contribution in [0.2, 0.25) is 0 Å². The molecule has 1 saturated heterocycles. The molecular formula is C13H15N3O3S. The van der Waals surface area contributed by atoms with Crippen molar-refractivity contribution in [2.24, 2.45) is 0 Å². The number of hydrogen-bond donors (Lipinski definition) is 2. The molecule has 1 fully saturated rings. The standard InChI is InChI=1S/C13H15N3O3S/c1-14-12(18)9-2-4-10(5-3-9)15-11(17)8-16-6-7-20-13(16)19/h2-5H,6-8H2,1H3,(H,14,18)(H,15,17). The van der Waals surface area contributed by atoms with E-state index in [9.17, 15) is 14.4 Å². The molecule has 1 aromatic carbocycles. The number of rotatable bonds is 4. The monoisotopic (exact) mass is 293 g/mol. The predicted octanol–water partition coefficient (Wildman–Crippen LogP) is 1.15. The SMILES string of the molecule is CNC(=O)c1ccc(NC(=O)CN2CCSC2=O)cc1. The van der Waals surface area contributed by atoms with Gasteiger partial charge in [0.25, 0.3) is 11.1 Å². The zero-order chi connectivity index (χ0) is 14.5. The van der Waals surface area contributed by atoms with Crippen molar-refractivity contribution in [3.8, 4) is 0 Å². The molecule has 2 rings (SSSR count). The van der Waals surface area contributed by atoms with E-state index in [-0.39, 0.29) is 23.6 Å². The van der Waals surface area contributed by atoms with E-state index in [1.54, 1.807) is 31.3 Å². The Morgan fingerprint density at radius 3 is 2.55 bits per heavy atom. The molecule has 0 bridgehead atoms. The summed E-state index contributed by atoms with van der Waals surface area (Å²) in [5.74, 6) is 0.309. The Kier molecular flexibility index (Phi) is 4.62. The summed E-state index contributed by atoms with van der Waals surface area (Å²) in [6.45, 7) is 0.662. The summed E-state index contributed by atoms with van der Waals surface area (Å²) in [5, 5.41) is 5.16. The van der Waals surface area contributed by atoms with Crippen LogP contribution in [0.1, 0.15) is 10.4 Å². The molecule has 0 aliphatic carbocycles. The third kappa shape index (κ3) is 3.51. The lowest BCUT2D eigenvalue weighted by molar-refractivity contribution is -0.116. The van der Waals surface area contributed by atoms with E-state index < -0.39 is 0 Å². The normalized spacial score (nSPS) is 14.2. The van der Waals surface area contributed by atoms with Gasteiger partial charge in [-0.1, -0.05) is 11.8 Å². The molecule has 1 aliphatic rings. The van der Waals surface area contributed by atoms with Crippen LogP contribution < -0.4 is 10.6 Å². The molecule has 0 atom stereocenters. The summed E-state index contributed by atoms with van der Waals surface area (Å²) in [6.07, 6.45) is 0. The fourth-order valence-corrected chi connectivity index (χ4v) is 2.62. The van der Waals surface area contributed by atoms with Gasteiger partial charge < -0.3 is 15.5 Å². The minimum absolute atomic E-state index is 0.0586. The molecular weight excluding hydrogens is 278 g/mol. The summed E-state index contributed by atoms with van der Waals surface area (Å²) in [6, 6.07) is 6.57. The highest BCUT2D eigenvalue weighted by atomic mass is 32.2. The predicted molar refractivity (Wildman–Crippen MR) is 77.9 cm³/mol. The molecule has 20 heavy (non-hydrogen) atoms. The van der Waals surface area contributed by atoms with Gasteiger partial charge in [-0.05, 0) is 24.3 Å². The van der Waals surface area contributed by atoms with E-state index in [1.807, 2.05) is 0 Å². The van der Waals surface area contributed by atoms with Gasteiger partial charge in [-0.25, -0.2) is 0 Å². The van der Waals surface area contributed by atoms with Crippen molar-refractivity contribution in [1.29, 1.82) is 0 Å². The van der Waals surface area contributed by atoms with Gasteiger partial charge in [0.2, 0.25) is 5.91 Å². The number of thioether (sulfide) groups is 1. The summed E-state index contributed by atoms with van der Waals surface area (Å²) in [4.78, 5) is 36.1. The second-order valence-electron chi connectivity index (χ2n) is 4.24. The fourth-order valence-electron chi connectivity index (χ4n) is 1.79. The smallest absolute Gasteiger partial charge is 0.282 e. The number of benzene rings is 1. The Balaban J connectivity index is 1.91. The van der Waals surface area contributed by atoms with Gasteiger partial charge >= 0.3 is 0 Å². The summed E-state index contributed by atoms with van der Waals surface area (Å²) in [7, 11) is 1.56. The zero-order valence-corrected chi connectivity index (χ0v) is 11.8. The Morgan fingerprint density at radius 1 is 1.30 bits per heavy atom. The van der Waals surface area contributed by atoms with Crippen LogP contribution in [0.5, 0.6) is 0 Å². The maximum Gasteiger partial charge on any atom is 0.282 e. The van der Waals surface area contributed by atoms with Crippen molar-refractivity contribution in [3.05, 3.63) is 29.8 Å². The number of amides is 3. The van der Waals surface area contributed by atoms with Crippen LogP contribution in [0.3, 0.4) is 0 Å². The van der Waals surface area contributed by atoms with E-state index >= 15 is 0 Å². The van der Waals surface area contributed by atoms with Crippen molar-refractivity contribution in [3.63, 3.8) is 0 Å². The number of nitrogens with zero attached hydrogens (tertiary/aromatic N) is 1. The summed E-state index contributed by atoms with van der Waals surface area (Å²) in [5.41, 5.74) is 1.12. The van der Waals surface area contributed by atoms with Crippen molar-refractivity contribution < 1.29 is 14.4 Å². The van der Waals surface area contributed by atoms with Gasteiger partial charge in [-0.2, -0.15) is 0 Å². The van der Waals surface area contributed by atoms with Crippen molar-refractivity contribution in [2.45, 2.75) is 0 Å². The van der Waals surface area contributed by atoms with Crippen LogP contribution in [0.4, 0.5) is 10.5 Å². The molecule has 3 amide bonds. The van der Waals surface area contributed by atoms with Gasteiger partial charge in [0, 0.05) is 30.6 Å². The van der Waals surface area contributed by atoms with Gasteiger partial charge in [0.05, 0.1) is 0 Å². The van der Waals surface area contributed by atoms with E-state index in [0.29, 0.717) is 17.8 Å². The van der Waals surface area contributed by atoms with Gasteiger partial charge in [0.1, 0.15) is 6.54 Å².